The molecule has 4 heteroatoms. The number of rotatable bonds is 5. The summed E-state index contributed by atoms with van der Waals surface area (Å²) in [6.07, 6.45) is 6.44. The molecule has 134 valence electrons. The molecule has 0 saturated carbocycles. The summed E-state index contributed by atoms with van der Waals surface area (Å²) in [5.41, 5.74) is 2.24. The van der Waals surface area contributed by atoms with Crippen LogP contribution in [0.5, 0.6) is 0 Å². The fourth-order valence-electron chi connectivity index (χ4n) is 4.31. The minimum absolute atomic E-state index is 0.138. The summed E-state index contributed by atoms with van der Waals surface area (Å²) in [6, 6.07) is 6.50. The van der Waals surface area contributed by atoms with Gasteiger partial charge in [0.15, 0.2) is 0 Å². The van der Waals surface area contributed by atoms with E-state index in [1.54, 1.807) is 12.1 Å². The van der Waals surface area contributed by atoms with Crippen LogP contribution < -0.4 is 10.2 Å². The van der Waals surface area contributed by atoms with Crippen molar-refractivity contribution in [1.29, 1.82) is 0 Å². The van der Waals surface area contributed by atoms with Gasteiger partial charge in [-0.15, -0.1) is 0 Å². The Bertz CT molecular complexity index is 526. The lowest BCUT2D eigenvalue weighted by Gasteiger charge is -2.38. The molecular weight excluding hydrogens is 301 g/mol. The smallest absolute Gasteiger partial charge is 0.123 e. The molecule has 0 spiro atoms. The van der Waals surface area contributed by atoms with Crippen molar-refractivity contribution in [3.8, 4) is 0 Å². The highest BCUT2D eigenvalue weighted by Gasteiger charge is 2.24. The Kier molecular flexibility index (Phi) is 6.12. The van der Waals surface area contributed by atoms with Crippen molar-refractivity contribution < 1.29 is 4.39 Å². The molecule has 1 aromatic rings. The topological polar surface area (TPSA) is 18.5 Å². The van der Waals surface area contributed by atoms with Gasteiger partial charge in [-0.2, -0.15) is 0 Å². The molecule has 0 aliphatic carbocycles. The second kappa shape index (κ2) is 8.30. The molecule has 2 aliphatic heterocycles. The first-order valence-corrected chi connectivity index (χ1v) is 9.66. The molecule has 2 aliphatic rings. The Morgan fingerprint density at radius 1 is 1.12 bits per heavy atom. The number of likely N-dealkylation sites (N-methyl/N-ethyl adjacent to an activating group) is 1. The Morgan fingerprint density at radius 3 is 2.62 bits per heavy atom. The number of halogens is 1. The molecule has 1 N–H and O–H groups in total. The van der Waals surface area contributed by atoms with Crippen LogP contribution in [0.1, 0.15) is 44.6 Å². The van der Waals surface area contributed by atoms with E-state index in [9.17, 15) is 4.39 Å². The molecule has 1 aromatic carbocycles. The fourth-order valence-corrected chi connectivity index (χ4v) is 4.31. The van der Waals surface area contributed by atoms with Gasteiger partial charge in [0, 0.05) is 37.4 Å². The number of piperidine rings is 2. The maximum Gasteiger partial charge on any atom is 0.123 e. The lowest BCUT2D eigenvalue weighted by molar-refractivity contribution is 0.148. The van der Waals surface area contributed by atoms with Crippen molar-refractivity contribution in [3.05, 3.63) is 29.6 Å². The van der Waals surface area contributed by atoms with Gasteiger partial charge in [-0.25, -0.2) is 4.39 Å². The fraction of sp³-hybridized carbons (Fsp3) is 0.700. The van der Waals surface area contributed by atoms with E-state index in [1.807, 2.05) is 13.0 Å². The average Bonchev–Trinajstić information content (AvgIpc) is 2.61. The monoisotopic (exact) mass is 333 g/mol. The lowest BCUT2D eigenvalue weighted by atomic mass is 9.99. The second-order valence-corrected chi connectivity index (χ2v) is 7.38. The standard InChI is InChI=1S/C20H32FN3/c1-3-23-11-5-4-6-19(23)15-22-18-9-12-24(13-10-18)20-8-7-17(21)14-16(20)2/h7-8,14,18-19,22H,3-6,9-13,15H2,1-2H3. The summed E-state index contributed by atoms with van der Waals surface area (Å²) in [7, 11) is 0. The van der Waals surface area contributed by atoms with Crippen LogP contribution >= 0.6 is 0 Å². The van der Waals surface area contributed by atoms with Gasteiger partial charge in [-0.3, -0.25) is 4.90 Å². The zero-order valence-corrected chi connectivity index (χ0v) is 15.2. The molecular formula is C20H32FN3. The Labute approximate surface area is 146 Å². The van der Waals surface area contributed by atoms with E-state index < -0.39 is 0 Å². The Morgan fingerprint density at radius 2 is 1.92 bits per heavy atom. The number of hydrogen-bond donors (Lipinski definition) is 1. The van der Waals surface area contributed by atoms with Crippen LogP contribution in [-0.4, -0.2) is 49.7 Å². The number of nitrogens with zero attached hydrogens (tertiary/aromatic N) is 2. The van der Waals surface area contributed by atoms with Crippen LogP contribution in [0.3, 0.4) is 0 Å². The summed E-state index contributed by atoms with van der Waals surface area (Å²) < 4.78 is 13.3. The number of likely N-dealkylation sites (tertiary alicyclic amines) is 1. The van der Waals surface area contributed by atoms with E-state index in [4.69, 9.17) is 0 Å². The van der Waals surface area contributed by atoms with Crippen LogP contribution in [0.4, 0.5) is 10.1 Å². The molecule has 1 unspecified atom stereocenters. The van der Waals surface area contributed by atoms with E-state index in [2.05, 4.69) is 22.0 Å². The van der Waals surface area contributed by atoms with Gasteiger partial charge in [0.05, 0.1) is 0 Å². The summed E-state index contributed by atoms with van der Waals surface area (Å²) in [6.45, 7) is 9.99. The van der Waals surface area contributed by atoms with E-state index in [-0.39, 0.29) is 5.82 Å². The van der Waals surface area contributed by atoms with Gasteiger partial charge in [0.25, 0.3) is 0 Å². The first-order chi connectivity index (χ1) is 11.7. The van der Waals surface area contributed by atoms with Crippen molar-refractivity contribution in [2.75, 3.05) is 37.6 Å². The van der Waals surface area contributed by atoms with Crippen molar-refractivity contribution >= 4 is 5.69 Å². The number of benzene rings is 1. The van der Waals surface area contributed by atoms with Crippen LogP contribution in [-0.2, 0) is 0 Å². The second-order valence-electron chi connectivity index (χ2n) is 7.38. The van der Waals surface area contributed by atoms with Gasteiger partial charge in [0.1, 0.15) is 5.82 Å². The zero-order chi connectivity index (χ0) is 16.9. The number of aryl methyl sites for hydroxylation is 1. The van der Waals surface area contributed by atoms with Gasteiger partial charge in [0.2, 0.25) is 0 Å². The minimum Gasteiger partial charge on any atom is -0.371 e. The van der Waals surface area contributed by atoms with Crippen LogP contribution in [0, 0.1) is 12.7 Å². The molecule has 2 saturated heterocycles. The van der Waals surface area contributed by atoms with Crippen LogP contribution in [0.15, 0.2) is 18.2 Å². The molecule has 2 heterocycles. The zero-order valence-electron chi connectivity index (χ0n) is 15.2. The van der Waals surface area contributed by atoms with E-state index in [0.717, 1.165) is 31.2 Å². The van der Waals surface area contributed by atoms with Gasteiger partial charge >= 0.3 is 0 Å². The molecule has 3 rings (SSSR count). The highest BCUT2D eigenvalue weighted by Crippen LogP contribution is 2.25. The normalized spacial score (nSPS) is 23.6. The van der Waals surface area contributed by atoms with Crippen molar-refractivity contribution in [3.63, 3.8) is 0 Å². The van der Waals surface area contributed by atoms with Gasteiger partial charge in [-0.05, 0) is 69.5 Å². The van der Waals surface area contributed by atoms with E-state index >= 15 is 0 Å². The summed E-state index contributed by atoms with van der Waals surface area (Å²) >= 11 is 0. The van der Waals surface area contributed by atoms with Gasteiger partial charge in [-0.1, -0.05) is 13.3 Å². The molecule has 0 radical (unpaired) electrons. The molecule has 24 heavy (non-hydrogen) atoms. The maximum atomic E-state index is 13.3. The number of nitrogens with one attached hydrogen (secondary N) is 1. The van der Waals surface area contributed by atoms with E-state index in [0.29, 0.717) is 6.04 Å². The lowest BCUT2D eigenvalue weighted by Crippen LogP contribution is -2.50. The molecule has 3 nitrogen and oxygen atoms in total. The van der Waals surface area contributed by atoms with Crippen LogP contribution in [0.2, 0.25) is 0 Å². The summed E-state index contributed by atoms with van der Waals surface area (Å²) in [5.74, 6) is -0.138. The molecule has 1 atom stereocenters. The number of hydrogen-bond acceptors (Lipinski definition) is 3. The third-order valence-electron chi connectivity index (χ3n) is 5.79. The predicted molar refractivity (Wildman–Crippen MR) is 99.3 cm³/mol. The third kappa shape index (κ3) is 4.28. The summed E-state index contributed by atoms with van der Waals surface area (Å²) in [5, 5.41) is 3.82. The quantitative estimate of drug-likeness (QED) is 0.889. The molecule has 0 amide bonds. The van der Waals surface area contributed by atoms with Crippen LogP contribution in [0.25, 0.3) is 0 Å². The molecule has 0 aromatic heterocycles. The first kappa shape index (κ1) is 17.7. The van der Waals surface area contributed by atoms with Crippen molar-refractivity contribution in [2.24, 2.45) is 0 Å². The van der Waals surface area contributed by atoms with Gasteiger partial charge < -0.3 is 10.2 Å². The highest BCUT2D eigenvalue weighted by atomic mass is 19.1. The third-order valence-corrected chi connectivity index (χ3v) is 5.79. The highest BCUT2D eigenvalue weighted by molar-refractivity contribution is 5.53. The SMILES string of the molecule is CCN1CCCCC1CNC1CCN(c2ccc(F)cc2C)CC1. The predicted octanol–water partition coefficient (Wildman–Crippen LogP) is 3.57. The number of anilines is 1. The van der Waals surface area contributed by atoms with Crippen molar-refractivity contribution in [2.45, 2.75) is 58.0 Å². The Hall–Kier alpha value is -1.13. The largest absolute Gasteiger partial charge is 0.371 e. The Balaban J connectivity index is 1.46. The summed E-state index contributed by atoms with van der Waals surface area (Å²) in [4.78, 5) is 5.04. The minimum atomic E-state index is -0.138. The maximum absolute atomic E-state index is 13.3. The molecule has 0 bridgehead atoms. The van der Waals surface area contributed by atoms with E-state index in [1.165, 1.54) is 50.9 Å². The molecule has 2 fully saturated rings. The average molecular weight is 333 g/mol. The first-order valence-electron chi connectivity index (χ1n) is 9.66. The van der Waals surface area contributed by atoms with Crippen molar-refractivity contribution in [1.82, 2.24) is 10.2 Å².